The van der Waals surface area contributed by atoms with E-state index < -0.39 is 28.5 Å². The Labute approximate surface area is 149 Å². The fourth-order valence-electron chi connectivity index (χ4n) is 2.18. The molecule has 0 aromatic heterocycles. The summed E-state index contributed by atoms with van der Waals surface area (Å²) in [5.74, 6) is -2.37. The first-order valence-corrected chi connectivity index (χ1v) is 9.75. The molecule has 0 radical (unpaired) electrons. The van der Waals surface area contributed by atoms with Gasteiger partial charge in [0, 0.05) is 23.7 Å². The van der Waals surface area contributed by atoms with E-state index in [1.54, 1.807) is 0 Å². The third kappa shape index (κ3) is 5.33. The van der Waals surface area contributed by atoms with Crippen molar-refractivity contribution in [2.75, 3.05) is 43.9 Å². The lowest BCUT2D eigenvalue weighted by Crippen LogP contribution is -2.40. The van der Waals surface area contributed by atoms with Crippen LogP contribution in [0.2, 0.25) is 0 Å². The number of sulfonamides is 1. The maximum Gasteiger partial charge on any atom is 0.322 e. The second kappa shape index (κ2) is 8.52. The first-order valence-electron chi connectivity index (χ1n) is 7.33. The van der Waals surface area contributed by atoms with Crippen molar-refractivity contribution in [3.8, 4) is 0 Å². The predicted octanol–water partition coefficient (Wildman–Crippen LogP) is 0.381. The van der Waals surface area contributed by atoms with Crippen LogP contribution in [0.15, 0.2) is 28.0 Å². The number of carboxylic acids is 2. The molecule has 1 aliphatic heterocycles. The average molecular weight is 390 g/mol. The summed E-state index contributed by atoms with van der Waals surface area (Å²) in [5, 5.41) is 20.2. The van der Waals surface area contributed by atoms with Crippen molar-refractivity contribution in [2.24, 2.45) is 0 Å². The van der Waals surface area contributed by atoms with Crippen LogP contribution >= 0.6 is 11.8 Å². The number of carbonyl (C=O) groups is 2. The monoisotopic (exact) mass is 390 g/mol. The van der Waals surface area contributed by atoms with E-state index in [2.05, 4.69) is 5.32 Å². The third-order valence-corrected chi connectivity index (χ3v) is 6.29. The number of morpholine rings is 1. The fourth-order valence-corrected chi connectivity index (χ4v) is 4.34. The number of anilines is 1. The van der Waals surface area contributed by atoms with Gasteiger partial charge in [-0.1, -0.05) is 0 Å². The minimum absolute atomic E-state index is 0.0157. The van der Waals surface area contributed by atoms with Gasteiger partial charge in [-0.25, -0.2) is 8.42 Å². The van der Waals surface area contributed by atoms with E-state index in [0.717, 1.165) is 11.8 Å². The van der Waals surface area contributed by atoms with Crippen molar-refractivity contribution in [1.29, 1.82) is 0 Å². The Morgan fingerprint density at radius 3 is 2.48 bits per heavy atom. The van der Waals surface area contributed by atoms with Crippen molar-refractivity contribution in [1.82, 2.24) is 4.31 Å². The lowest BCUT2D eigenvalue weighted by Gasteiger charge is -2.26. The van der Waals surface area contributed by atoms with Crippen LogP contribution in [0.1, 0.15) is 0 Å². The summed E-state index contributed by atoms with van der Waals surface area (Å²) in [7, 11) is -3.73. The Morgan fingerprint density at radius 2 is 1.88 bits per heavy atom. The zero-order valence-electron chi connectivity index (χ0n) is 13.2. The third-order valence-electron chi connectivity index (χ3n) is 3.34. The van der Waals surface area contributed by atoms with Crippen LogP contribution in [0.3, 0.4) is 0 Å². The quantitative estimate of drug-likeness (QED) is 0.539. The molecule has 0 aliphatic carbocycles. The number of hydrogen-bond acceptors (Lipinski definition) is 7. The summed E-state index contributed by atoms with van der Waals surface area (Å²) in [6.45, 7) is 0.707. The number of carboxylic acid groups (broad SMARTS) is 2. The van der Waals surface area contributed by atoms with Crippen molar-refractivity contribution in [3.05, 3.63) is 18.2 Å². The molecule has 1 aromatic carbocycles. The number of nitrogens with zero attached hydrogens (tertiary/aromatic N) is 1. The van der Waals surface area contributed by atoms with Crippen molar-refractivity contribution >= 4 is 39.4 Å². The summed E-state index contributed by atoms with van der Waals surface area (Å²) < 4.78 is 31.8. The predicted molar refractivity (Wildman–Crippen MR) is 90.5 cm³/mol. The van der Waals surface area contributed by atoms with Crippen molar-refractivity contribution in [3.63, 3.8) is 0 Å². The van der Waals surface area contributed by atoms with Gasteiger partial charge in [0.15, 0.2) is 0 Å². The zero-order valence-corrected chi connectivity index (χ0v) is 14.8. The Hall–Kier alpha value is -1.82. The van der Waals surface area contributed by atoms with Crippen LogP contribution in [0, 0.1) is 0 Å². The highest BCUT2D eigenvalue weighted by atomic mass is 32.2. The number of benzene rings is 1. The summed E-state index contributed by atoms with van der Waals surface area (Å²) >= 11 is 0.978. The van der Waals surface area contributed by atoms with Gasteiger partial charge in [0.2, 0.25) is 10.0 Å². The average Bonchev–Trinajstić information content (AvgIpc) is 2.59. The molecule has 1 heterocycles. The minimum Gasteiger partial charge on any atom is -0.481 e. The van der Waals surface area contributed by atoms with Crippen LogP contribution in [0.4, 0.5) is 5.69 Å². The summed E-state index contributed by atoms with van der Waals surface area (Å²) in [6.07, 6.45) is 0. The van der Waals surface area contributed by atoms with Crippen LogP contribution in [-0.2, 0) is 24.3 Å². The lowest BCUT2D eigenvalue weighted by atomic mass is 10.3. The number of hydrogen-bond donors (Lipinski definition) is 3. The maximum atomic E-state index is 12.7. The van der Waals surface area contributed by atoms with Crippen molar-refractivity contribution < 1.29 is 33.0 Å². The molecule has 0 amide bonds. The molecule has 2 rings (SSSR count). The van der Waals surface area contributed by atoms with E-state index in [0.29, 0.717) is 18.1 Å². The summed E-state index contributed by atoms with van der Waals surface area (Å²) in [4.78, 5) is 22.0. The van der Waals surface area contributed by atoms with Gasteiger partial charge in [0.25, 0.3) is 0 Å². The molecule has 11 heteroatoms. The Morgan fingerprint density at radius 1 is 1.20 bits per heavy atom. The number of rotatable bonds is 8. The van der Waals surface area contributed by atoms with E-state index >= 15 is 0 Å². The molecular weight excluding hydrogens is 372 g/mol. The van der Waals surface area contributed by atoms with Crippen LogP contribution < -0.4 is 5.32 Å². The van der Waals surface area contributed by atoms with E-state index in [9.17, 15) is 18.0 Å². The van der Waals surface area contributed by atoms with E-state index in [-0.39, 0.29) is 29.4 Å². The normalized spacial score (nSPS) is 15.7. The molecule has 25 heavy (non-hydrogen) atoms. The molecule has 3 N–H and O–H groups in total. The SMILES string of the molecule is O=C(O)CNc1cc(S(=O)(=O)N2CCOCC2)ccc1SCC(=O)O. The molecule has 138 valence electrons. The van der Waals surface area contributed by atoms with E-state index in [1.165, 1.54) is 22.5 Å². The minimum atomic E-state index is -3.73. The highest BCUT2D eigenvalue weighted by Gasteiger charge is 2.27. The molecule has 9 nitrogen and oxygen atoms in total. The topological polar surface area (TPSA) is 133 Å². The molecule has 0 bridgehead atoms. The molecule has 0 saturated carbocycles. The Bertz CT molecular complexity index is 746. The van der Waals surface area contributed by atoms with E-state index in [4.69, 9.17) is 14.9 Å². The highest BCUT2D eigenvalue weighted by molar-refractivity contribution is 8.00. The van der Waals surface area contributed by atoms with E-state index in [1.807, 2.05) is 0 Å². The maximum absolute atomic E-state index is 12.7. The molecule has 1 aliphatic rings. The fraction of sp³-hybridized carbons (Fsp3) is 0.429. The number of aliphatic carboxylic acids is 2. The molecule has 0 unspecified atom stereocenters. The molecule has 1 fully saturated rings. The number of thioether (sulfide) groups is 1. The largest absolute Gasteiger partial charge is 0.481 e. The first kappa shape index (κ1) is 19.5. The number of nitrogens with one attached hydrogen (secondary N) is 1. The van der Waals surface area contributed by atoms with Gasteiger partial charge in [0.1, 0.15) is 6.54 Å². The Balaban J connectivity index is 2.30. The lowest BCUT2D eigenvalue weighted by molar-refractivity contribution is -0.135. The van der Waals surface area contributed by atoms with Gasteiger partial charge in [-0.15, -0.1) is 11.8 Å². The van der Waals surface area contributed by atoms with Crippen molar-refractivity contribution in [2.45, 2.75) is 9.79 Å². The van der Waals surface area contributed by atoms with Gasteiger partial charge in [-0.2, -0.15) is 4.31 Å². The molecular formula is C14H18N2O7S2. The van der Waals surface area contributed by atoms with Gasteiger partial charge in [0.05, 0.1) is 23.9 Å². The summed E-state index contributed by atoms with van der Waals surface area (Å²) in [5.41, 5.74) is 0.267. The van der Waals surface area contributed by atoms with Crippen LogP contribution in [0.5, 0.6) is 0 Å². The zero-order chi connectivity index (χ0) is 18.4. The smallest absolute Gasteiger partial charge is 0.322 e. The van der Waals surface area contributed by atoms with Gasteiger partial charge in [-0.05, 0) is 18.2 Å². The van der Waals surface area contributed by atoms with Gasteiger partial charge >= 0.3 is 11.9 Å². The number of ether oxygens (including phenoxy) is 1. The van der Waals surface area contributed by atoms with Crippen LogP contribution in [0.25, 0.3) is 0 Å². The molecule has 0 atom stereocenters. The van der Waals surface area contributed by atoms with Gasteiger partial charge < -0.3 is 20.3 Å². The highest BCUT2D eigenvalue weighted by Crippen LogP contribution is 2.31. The Kier molecular flexibility index (Phi) is 6.64. The first-order chi connectivity index (χ1) is 11.8. The molecule has 1 saturated heterocycles. The molecule has 1 aromatic rings. The second-order valence-electron chi connectivity index (χ2n) is 5.10. The molecule has 0 spiro atoms. The summed E-state index contributed by atoms with van der Waals surface area (Å²) in [6, 6.07) is 4.20. The van der Waals surface area contributed by atoms with Crippen LogP contribution in [-0.4, -0.2) is 73.5 Å². The second-order valence-corrected chi connectivity index (χ2v) is 8.06. The van der Waals surface area contributed by atoms with Gasteiger partial charge in [-0.3, -0.25) is 9.59 Å². The standard InChI is InChI=1S/C14H18N2O7S2/c17-13(18)8-15-11-7-10(1-2-12(11)24-9-14(19)20)25(21,22)16-3-5-23-6-4-16/h1-2,7,15H,3-6,8-9H2,(H,17,18)(H,19,20).